The highest BCUT2D eigenvalue weighted by atomic mass is 35.5. The number of anilines is 1. The molecule has 3 aromatic rings. The zero-order chi connectivity index (χ0) is 17.6. The number of halogens is 4. The maximum absolute atomic E-state index is 14.4. The summed E-state index contributed by atoms with van der Waals surface area (Å²) in [5.74, 6) is -2.34. The van der Waals surface area contributed by atoms with E-state index in [9.17, 15) is 13.2 Å². The van der Waals surface area contributed by atoms with Crippen LogP contribution >= 0.6 is 11.6 Å². The highest BCUT2D eigenvalue weighted by Crippen LogP contribution is 2.39. The molecule has 130 valence electrons. The summed E-state index contributed by atoms with van der Waals surface area (Å²) in [4.78, 5) is 10.1. The highest BCUT2D eigenvalue weighted by Gasteiger charge is 2.27. The summed E-state index contributed by atoms with van der Waals surface area (Å²) in [6.45, 7) is 1.93. The van der Waals surface area contributed by atoms with Gasteiger partial charge in [-0.2, -0.15) is 4.98 Å². The lowest BCUT2D eigenvalue weighted by Crippen LogP contribution is -2.37. The molecule has 1 saturated heterocycles. The van der Waals surface area contributed by atoms with Gasteiger partial charge in [0.25, 0.3) is 0 Å². The van der Waals surface area contributed by atoms with Gasteiger partial charge in [-0.1, -0.05) is 11.6 Å². The minimum absolute atomic E-state index is 0.0593. The van der Waals surface area contributed by atoms with Crippen molar-refractivity contribution in [3.8, 4) is 11.1 Å². The Morgan fingerprint density at radius 2 is 1.72 bits per heavy atom. The smallest absolute Gasteiger partial charge is 0.236 e. The maximum atomic E-state index is 14.4. The van der Waals surface area contributed by atoms with Crippen LogP contribution in [0.3, 0.4) is 0 Å². The Balaban J connectivity index is 2.05. The Kier molecular flexibility index (Phi) is 4.01. The molecule has 0 aliphatic carbocycles. The average Bonchev–Trinajstić information content (AvgIpc) is 3.02. The fourth-order valence-corrected chi connectivity index (χ4v) is 3.24. The van der Waals surface area contributed by atoms with E-state index in [1.54, 1.807) is 10.6 Å². The molecule has 1 aliphatic heterocycles. The van der Waals surface area contributed by atoms with Crippen LogP contribution in [-0.2, 0) is 4.74 Å². The minimum atomic E-state index is -1.05. The Hall–Kier alpha value is -2.32. The van der Waals surface area contributed by atoms with Crippen LogP contribution < -0.4 is 4.90 Å². The number of imidazole rings is 1. The molecule has 5 nitrogen and oxygen atoms in total. The number of rotatable bonds is 2. The Labute approximate surface area is 145 Å². The zero-order valence-electron chi connectivity index (χ0n) is 12.8. The number of nitrogens with zero attached hydrogens (tertiary/aromatic N) is 4. The standard InChI is InChI=1S/C16H12ClF3N4O/c17-14-13(12-10(19)7-9(18)8-11(12)20)15(23-3-5-25-6-4-23)24-2-1-21-16(24)22-14/h1-2,7-8H,3-6H2. The number of benzene rings is 1. The van der Waals surface area contributed by atoms with Gasteiger partial charge in [-0.3, -0.25) is 4.40 Å². The first-order valence-electron chi connectivity index (χ1n) is 7.56. The molecule has 0 amide bonds. The number of hydrogen-bond acceptors (Lipinski definition) is 4. The van der Waals surface area contributed by atoms with Crippen molar-refractivity contribution < 1.29 is 17.9 Å². The Morgan fingerprint density at radius 1 is 1.04 bits per heavy atom. The van der Waals surface area contributed by atoms with E-state index in [1.165, 1.54) is 6.20 Å². The summed E-state index contributed by atoms with van der Waals surface area (Å²) in [5.41, 5.74) is -0.361. The third kappa shape index (κ3) is 2.71. The van der Waals surface area contributed by atoms with Gasteiger partial charge in [0, 0.05) is 37.6 Å². The molecule has 1 aromatic carbocycles. The Bertz CT molecular complexity index is 933. The van der Waals surface area contributed by atoms with Crippen molar-refractivity contribution in [2.75, 3.05) is 31.2 Å². The lowest BCUT2D eigenvalue weighted by atomic mass is 10.1. The third-order valence-electron chi connectivity index (χ3n) is 4.04. The minimum Gasteiger partial charge on any atom is -0.378 e. The van der Waals surface area contributed by atoms with Crippen LogP contribution in [0.15, 0.2) is 24.5 Å². The van der Waals surface area contributed by atoms with E-state index in [0.29, 0.717) is 50.0 Å². The van der Waals surface area contributed by atoms with Gasteiger partial charge in [-0.25, -0.2) is 18.2 Å². The maximum Gasteiger partial charge on any atom is 0.236 e. The number of fused-ring (bicyclic) bond motifs is 1. The predicted octanol–water partition coefficient (Wildman–Crippen LogP) is 3.30. The average molecular weight is 369 g/mol. The van der Waals surface area contributed by atoms with Crippen LogP contribution in [0.2, 0.25) is 5.15 Å². The van der Waals surface area contributed by atoms with Gasteiger partial charge in [0.05, 0.1) is 24.3 Å². The summed E-state index contributed by atoms with van der Waals surface area (Å²) < 4.78 is 49.1. The van der Waals surface area contributed by atoms with E-state index >= 15 is 0 Å². The molecule has 0 saturated carbocycles. The molecular formula is C16H12ClF3N4O. The van der Waals surface area contributed by atoms with Crippen LogP contribution in [0.1, 0.15) is 0 Å². The van der Waals surface area contributed by atoms with Gasteiger partial charge in [0.1, 0.15) is 28.4 Å². The third-order valence-corrected chi connectivity index (χ3v) is 4.32. The molecule has 0 bridgehead atoms. The van der Waals surface area contributed by atoms with Crippen molar-refractivity contribution in [1.29, 1.82) is 0 Å². The fraction of sp³-hybridized carbons (Fsp3) is 0.250. The fourth-order valence-electron chi connectivity index (χ4n) is 2.98. The number of ether oxygens (including phenoxy) is 1. The number of morpholine rings is 1. The molecule has 1 fully saturated rings. The normalized spacial score (nSPS) is 15.1. The molecule has 2 aromatic heterocycles. The van der Waals surface area contributed by atoms with E-state index in [1.807, 2.05) is 4.90 Å². The van der Waals surface area contributed by atoms with E-state index in [-0.39, 0.29) is 10.7 Å². The van der Waals surface area contributed by atoms with Gasteiger partial charge in [-0.15, -0.1) is 0 Å². The van der Waals surface area contributed by atoms with Crippen molar-refractivity contribution >= 4 is 23.2 Å². The van der Waals surface area contributed by atoms with Gasteiger partial charge in [0.2, 0.25) is 5.78 Å². The summed E-state index contributed by atoms with van der Waals surface area (Å²) >= 11 is 6.25. The Morgan fingerprint density at radius 3 is 2.40 bits per heavy atom. The van der Waals surface area contributed by atoms with Crippen LogP contribution in [0.4, 0.5) is 19.0 Å². The summed E-state index contributed by atoms with van der Waals surface area (Å²) in [5, 5.41) is -0.107. The van der Waals surface area contributed by atoms with Crippen molar-refractivity contribution in [2.24, 2.45) is 0 Å². The van der Waals surface area contributed by atoms with E-state index in [2.05, 4.69) is 9.97 Å². The first-order valence-corrected chi connectivity index (χ1v) is 7.94. The number of aromatic nitrogens is 3. The van der Waals surface area contributed by atoms with E-state index < -0.39 is 23.0 Å². The predicted molar refractivity (Wildman–Crippen MR) is 86.3 cm³/mol. The zero-order valence-corrected chi connectivity index (χ0v) is 13.6. The van der Waals surface area contributed by atoms with Crippen LogP contribution in [0.5, 0.6) is 0 Å². The molecule has 0 N–H and O–H groups in total. The monoisotopic (exact) mass is 368 g/mol. The SMILES string of the molecule is Fc1cc(F)c(-c2c(Cl)nc3nccn3c2N2CCOCC2)c(F)c1. The lowest BCUT2D eigenvalue weighted by Gasteiger charge is -2.31. The molecular weight excluding hydrogens is 357 g/mol. The molecule has 25 heavy (non-hydrogen) atoms. The summed E-state index contributed by atoms with van der Waals surface area (Å²) in [7, 11) is 0. The largest absolute Gasteiger partial charge is 0.378 e. The second-order valence-electron chi connectivity index (χ2n) is 5.54. The molecule has 0 unspecified atom stereocenters. The van der Waals surface area contributed by atoms with Crippen LogP contribution in [-0.4, -0.2) is 40.7 Å². The van der Waals surface area contributed by atoms with Crippen LogP contribution in [0.25, 0.3) is 16.9 Å². The van der Waals surface area contributed by atoms with Crippen molar-refractivity contribution in [2.45, 2.75) is 0 Å². The van der Waals surface area contributed by atoms with Crippen molar-refractivity contribution in [1.82, 2.24) is 14.4 Å². The first-order chi connectivity index (χ1) is 12.1. The van der Waals surface area contributed by atoms with Crippen molar-refractivity contribution in [3.05, 3.63) is 47.1 Å². The quantitative estimate of drug-likeness (QED) is 0.651. The lowest BCUT2D eigenvalue weighted by molar-refractivity contribution is 0.122. The molecule has 9 heteroatoms. The topological polar surface area (TPSA) is 42.7 Å². The number of hydrogen-bond donors (Lipinski definition) is 0. The molecule has 0 atom stereocenters. The van der Waals surface area contributed by atoms with Gasteiger partial charge in [0.15, 0.2) is 0 Å². The molecule has 0 radical (unpaired) electrons. The van der Waals surface area contributed by atoms with Crippen molar-refractivity contribution in [3.63, 3.8) is 0 Å². The molecule has 3 heterocycles. The highest BCUT2D eigenvalue weighted by molar-refractivity contribution is 6.33. The van der Waals surface area contributed by atoms with Gasteiger partial charge in [-0.05, 0) is 0 Å². The second-order valence-corrected chi connectivity index (χ2v) is 5.90. The molecule has 0 spiro atoms. The second kappa shape index (κ2) is 6.20. The first kappa shape index (κ1) is 16.2. The molecule has 4 rings (SSSR count). The van der Waals surface area contributed by atoms with E-state index in [4.69, 9.17) is 16.3 Å². The van der Waals surface area contributed by atoms with Gasteiger partial charge >= 0.3 is 0 Å². The summed E-state index contributed by atoms with van der Waals surface area (Å²) in [6, 6.07) is 1.24. The van der Waals surface area contributed by atoms with Crippen LogP contribution in [0, 0.1) is 17.5 Å². The van der Waals surface area contributed by atoms with E-state index in [0.717, 1.165) is 0 Å². The van der Waals surface area contributed by atoms with Gasteiger partial charge < -0.3 is 9.64 Å². The molecule has 1 aliphatic rings. The summed E-state index contributed by atoms with van der Waals surface area (Å²) in [6.07, 6.45) is 3.15.